The molecule has 170 valence electrons. The number of piperidine rings is 1. The summed E-state index contributed by atoms with van der Waals surface area (Å²) in [5.74, 6) is 0.774. The molecule has 1 fully saturated rings. The van der Waals surface area contributed by atoms with Crippen LogP contribution < -0.4 is 10.1 Å². The summed E-state index contributed by atoms with van der Waals surface area (Å²) in [6.07, 6.45) is 2.93. The zero-order valence-corrected chi connectivity index (χ0v) is 19.2. The number of aryl methyl sites for hydroxylation is 1. The van der Waals surface area contributed by atoms with Gasteiger partial charge in [0.2, 0.25) is 5.91 Å². The van der Waals surface area contributed by atoms with Crippen LogP contribution in [-0.4, -0.2) is 34.8 Å². The molecule has 7 heteroatoms. The van der Waals surface area contributed by atoms with Crippen LogP contribution in [0, 0.1) is 12.8 Å². The Kier molecular flexibility index (Phi) is 7.25. The molecule has 3 aromatic rings. The minimum Gasteiger partial charge on any atom is -0.488 e. The first-order chi connectivity index (χ1) is 16.0. The second-order valence-corrected chi connectivity index (χ2v) is 8.56. The van der Waals surface area contributed by atoms with Gasteiger partial charge in [0.1, 0.15) is 18.2 Å². The molecule has 2 heterocycles. The summed E-state index contributed by atoms with van der Waals surface area (Å²) < 4.78 is 5.95. The molecular formula is C26H26ClN3O3. The Hall–Kier alpha value is -3.38. The van der Waals surface area contributed by atoms with E-state index in [4.69, 9.17) is 16.3 Å². The minimum atomic E-state index is -0.149. The normalized spacial score (nSPS) is 14.1. The van der Waals surface area contributed by atoms with Crippen LogP contribution in [0.4, 0.5) is 5.82 Å². The predicted molar refractivity (Wildman–Crippen MR) is 128 cm³/mol. The number of nitrogens with one attached hydrogen (secondary N) is 1. The van der Waals surface area contributed by atoms with Gasteiger partial charge in [-0.25, -0.2) is 4.98 Å². The molecule has 2 amide bonds. The first kappa shape index (κ1) is 22.8. The van der Waals surface area contributed by atoms with Crippen LogP contribution in [0.5, 0.6) is 5.75 Å². The highest BCUT2D eigenvalue weighted by atomic mass is 35.5. The van der Waals surface area contributed by atoms with E-state index in [1.807, 2.05) is 49.4 Å². The maximum atomic E-state index is 13.2. The molecule has 1 aliphatic heterocycles. The highest BCUT2D eigenvalue weighted by molar-refractivity contribution is 6.31. The zero-order chi connectivity index (χ0) is 23.2. The van der Waals surface area contributed by atoms with Crippen LogP contribution in [-0.2, 0) is 11.4 Å². The van der Waals surface area contributed by atoms with Gasteiger partial charge in [-0.1, -0.05) is 48.0 Å². The number of benzene rings is 2. The summed E-state index contributed by atoms with van der Waals surface area (Å²) in [6, 6.07) is 18.4. The monoisotopic (exact) mass is 463 g/mol. The fourth-order valence-corrected chi connectivity index (χ4v) is 4.02. The molecule has 1 N–H and O–H groups in total. The lowest BCUT2D eigenvalue weighted by Gasteiger charge is -2.31. The minimum absolute atomic E-state index is 0.0538. The molecule has 1 aliphatic rings. The van der Waals surface area contributed by atoms with Crippen LogP contribution >= 0.6 is 11.6 Å². The molecule has 0 saturated carbocycles. The van der Waals surface area contributed by atoms with Crippen LogP contribution in [0.3, 0.4) is 0 Å². The second-order valence-electron chi connectivity index (χ2n) is 8.15. The number of aromatic nitrogens is 1. The van der Waals surface area contributed by atoms with E-state index >= 15 is 0 Å². The number of rotatable bonds is 6. The van der Waals surface area contributed by atoms with E-state index in [9.17, 15) is 9.59 Å². The van der Waals surface area contributed by atoms with E-state index in [1.165, 1.54) is 0 Å². The molecule has 0 atom stereocenters. The van der Waals surface area contributed by atoms with Crippen molar-refractivity contribution in [2.24, 2.45) is 5.92 Å². The summed E-state index contributed by atoms with van der Waals surface area (Å²) in [5, 5.41) is 3.50. The number of hydrogen-bond acceptors (Lipinski definition) is 4. The Morgan fingerprint density at radius 3 is 2.52 bits per heavy atom. The maximum Gasteiger partial charge on any atom is 0.257 e. The van der Waals surface area contributed by atoms with E-state index in [1.54, 1.807) is 29.3 Å². The largest absolute Gasteiger partial charge is 0.488 e. The van der Waals surface area contributed by atoms with Gasteiger partial charge in [-0.15, -0.1) is 0 Å². The van der Waals surface area contributed by atoms with Crippen molar-refractivity contribution >= 4 is 29.2 Å². The number of nitrogens with zero attached hydrogens (tertiary/aromatic N) is 2. The van der Waals surface area contributed by atoms with Crippen molar-refractivity contribution in [3.05, 3.63) is 88.6 Å². The number of ether oxygens (including phenoxy) is 1. The number of carbonyl (C=O) groups excluding carboxylic acids is 2. The third-order valence-corrected chi connectivity index (χ3v) is 6.14. The van der Waals surface area contributed by atoms with Gasteiger partial charge in [0, 0.05) is 35.8 Å². The molecule has 6 nitrogen and oxygen atoms in total. The van der Waals surface area contributed by atoms with Crippen molar-refractivity contribution in [3.8, 4) is 5.75 Å². The quantitative estimate of drug-likeness (QED) is 0.551. The number of likely N-dealkylation sites (tertiary alicyclic amines) is 1. The van der Waals surface area contributed by atoms with Crippen molar-refractivity contribution in [2.75, 3.05) is 18.4 Å². The highest BCUT2D eigenvalue weighted by Crippen LogP contribution is 2.26. The zero-order valence-electron chi connectivity index (χ0n) is 18.5. The summed E-state index contributed by atoms with van der Waals surface area (Å²) in [7, 11) is 0. The van der Waals surface area contributed by atoms with Gasteiger partial charge < -0.3 is 15.0 Å². The maximum absolute atomic E-state index is 13.2. The van der Waals surface area contributed by atoms with Gasteiger partial charge in [-0.05, 0) is 49.6 Å². The molecule has 0 unspecified atom stereocenters. The first-order valence-corrected chi connectivity index (χ1v) is 11.4. The molecule has 2 aromatic carbocycles. The molecular weight excluding hydrogens is 438 g/mol. The fourth-order valence-electron chi connectivity index (χ4n) is 3.83. The first-order valence-electron chi connectivity index (χ1n) is 11.0. The van der Waals surface area contributed by atoms with Gasteiger partial charge in [0.25, 0.3) is 5.91 Å². The molecule has 0 radical (unpaired) electrons. The summed E-state index contributed by atoms with van der Waals surface area (Å²) >= 11 is 6.22. The summed E-state index contributed by atoms with van der Waals surface area (Å²) in [6.45, 7) is 3.25. The molecule has 0 aliphatic carbocycles. The molecule has 33 heavy (non-hydrogen) atoms. The smallest absolute Gasteiger partial charge is 0.257 e. The number of halogens is 1. The predicted octanol–water partition coefficient (Wildman–Crippen LogP) is 5.11. The van der Waals surface area contributed by atoms with Gasteiger partial charge in [-0.2, -0.15) is 0 Å². The second kappa shape index (κ2) is 10.5. The Morgan fingerprint density at radius 2 is 1.79 bits per heavy atom. The molecule has 0 bridgehead atoms. The number of amides is 2. The molecule has 0 spiro atoms. The van der Waals surface area contributed by atoms with E-state index in [2.05, 4.69) is 10.3 Å². The van der Waals surface area contributed by atoms with Gasteiger partial charge >= 0.3 is 0 Å². The molecule has 1 saturated heterocycles. The van der Waals surface area contributed by atoms with Crippen molar-refractivity contribution < 1.29 is 14.3 Å². The Bertz CT molecular complexity index is 1130. The standard InChI is InChI=1S/C26H26ClN3O3/c1-18-10-11-24(28-16-18)29-25(31)19-12-14-30(15-13-19)26(32)21-7-3-5-9-23(21)33-17-20-6-2-4-8-22(20)27/h2-11,16,19H,12-15,17H2,1H3,(H,28,29,31). The Balaban J connectivity index is 1.35. The van der Waals surface area contributed by atoms with Crippen molar-refractivity contribution in [2.45, 2.75) is 26.4 Å². The topological polar surface area (TPSA) is 71.5 Å². The lowest BCUT2D eigenvalue weighted by molar-refractivity contribution is -0.121. The lowest BCUT2D eigenvalue weighted by Crippen LogP contribution is -2.41. The summed E-state index contributed by atoms with van der Waals surface area (Å²) in [5.41, 5.74) is 2.41. The van der Waals surface area contributed by atoms with Gasteiger partial charge in [-0.3, -0.25) is 9.59 Å². The van der Waals surface area contributed by atoms with Crippen LogP contribution in [0.2, 0.25) is 5.02 Å². The molecule has 1 aromatic heterocycles. The lowest BCUT2D eigenvalue weighted by atomic mass is 9.95. The van der Waals surface area contributed by atoms with Crippen LogP contribution in [0.25, 0.3) is 0 Å². The van der Waals surface area contributed by atoms with Crippen LogP contribution in [0.1, 0.15) is 34.3 Å². The van der Waals surface area contributed by atoms with E-state index in [0.717, 1.165) is 11.1 Å². The van der Waals surface area contributed by atoms with Crippen molar-refractivity contribution in [1.82, 2.24) is 9.88 Å². The number of pyridine rings is 1. The van der Waals surface area contributed by atoms with Crippen LogP contribution in [0.15, 0.2) is 66.9 Å². The van der Waals surface area contributed by atoms with Crippen molar-refractivity contribution in [1.29, 1.82) is 0 Å². The third-order valence-electron chi connectivity index (χ3n) is 5.77. The number of carbonyl (C=O) groups is 2. The van der Waals surface area contributed by atoms with Crippen molar-refractivity contribution in [3.63, 3.8) is 0 Å². The average molecular weight is 464 g/mol. The van der Waals surface area contributed by atoms with E-state index in [-0.39, 0.29) is 24.3 Å². The number of para-hydroxylation sites is 1. The SMILES string of the molecule is Cc1ccc(NC(=O)C2CCN(C(=O)c3ccccc3OCc3ccccc3Cl)CC2)nc1. The van der Waals surface area contributed by atoms with E-state index < -0.39 is 0 Å². The number of hydrogen-bond donors (Lipinski definition) is 1. The average Bonchev–Trinajstić information content (AvgIpc) is 2.85. The highest BCUT2D eigenvalue weighted by Gasteiger charge is 2.29. The fraction of sp³-hybridized carbons (Fsp3) is 0.269. The van der Waals surface area contributed by atoms with Gasteiger partial charge in [0.15, 0.2) is 0 Å². The number of anilines is 1. The summed E-state index contributed by atoms with van der Waals surface area (Å²) in [4.78, 5) is 31.8. The van der Waals surface area contributed by atoms with Gasteiger partial charge in [0.05, 0.1) is 5.56 Å². The third kappa shape index (κ3) is 5.71. The Labute approximate surface area is 198 Å². The molecule has 4 rings (SSSR count). The van der Waals surface area contributed by atoms with E-state index in [0.29, 0.717) is 48.1 Å². The Morgan fingerprint density at radius 1 is 1.06 bits per heavy atom.